The van der Waals surface area contributed by atoms with E-state index in [1.165, 1.54) is 0 Å². The summed E-state index contributed by atoms with van der Waals surface area (Å²) in [6.07, 6.45) is 0. The third-order valence-electron chi connectivity index (χ3n) is 7.29. The third kappa shape index (κ3) is 4.02. The maximum Gasteiger partial charge on any atom is 2.00 e. The van der Waals surface area contributed by atoms with Gasteiger partial charge in [-0.15, -0.1) is 23.8 Å². The van der Waals surface area contributed by atoms with Crippen molar-refractivity contribution >= 4 is 43.9 Å². The number of benzene rings is 6. The number of furan rings is 2. The van der Waals surface area contributed by atoms with Crippen molar-refractivity contribution in [1.82, 2.24) is 0 Å². The third-order valence-corrected chi connectivity index (χ3v) is 7.29. The number of para-hydroxylation sites is 2. The maximum atomic E-state index is 6.31. The Morgan fingerprint density at radius 1 is 0.462 bits per heavy atom. The molecule has 0 spiro atoms. The maximum absolute atomic E-state index is 6.31. The minimum atomic E-state index is 0. The monoisotopic (exact) mass is 722 g/mol. The van der Waals surface area contributed by atoms with Gasteiger partial charge in [-0.25, -0.2) is 5.56 Å². The molecule has 0 saturated heterocycles. The van der Waals surface area contributed by atoms with E-state index in [0.717, 1.165) is 77.3 Å². The van der Waals surface area contributed by atoms with Crippen molar-refractivity contribution in [2.45, 2.75) is 0 Å². The van der Waals surface area contributed by atoms with Crippen LogP contribution in [-0.4, -0.2) is 0 Å². The van der Waals surface area contributed by atoms with E-state index in [1.807, 2.05) is 30.3 Å². The average Bonchev–Trinajstić information content (AvgIpc) is 3.55. The SMILES string of the molecule is [U+2].[c-]1ccccc1-c1[c-]c(-c2ccc3oc4ccc(-c5cccc6c5oc5ccccc56)cc4c3c2)ccc1. The van der Waals surface area contributed by atoms with Crippen LogP contribution in [0, 0.1) is 43.2 Å². The first kappa shape index (κ1) is 24.0. The second-order valence-electron chi connectivity index (χ2n) is 9.56. The number of rotatable bonds is 3. The van der Waals surface area contributed by atoms with E-state index in [1.54, 1.807) is 0 Å². The summed E-state index contributed by atoms with van der Waals surface area (Å²) >= 11 is 0. The van der Waals surface area contributed by atoms with Gasteiger partial charge < -0.3 is 8.83 Å². The van der Waals surface area contributed by atoms with Crippen molar-refractivity contribution in [3.63, 3.8) is 0 Å². The second kappa shape index (κ2) is 9.62. The van der Waals surface area contributed by atoms with Crippen molar-refractivity contribution in [1.29, 1.82) is 0 Å². The summed E-state index contributed by atoms with van der Waals surface area (Å²) in [5, 5.41) is 4.43. The molecule has 8 rings (SSSR count). The Bertz CT molecular complexity index is 2130. The van der Waals surface area contributed by atoms with Gasteiger partial charge in [0.15, 0.2) is 0 Å². The Kier molecular flexibility index (Phi) is 5.93. The van der Waals surface area contributed by atoms with Crippen LogP contribution in [-0.2, 0) is 0 Å². The molecule has 3 heteroatoms. The van der Waals surface area contributed by atoms with E-state index in [0.29, 0.717) is 0 Å². The molecule has 8 aromatic rings. The molecule has 2 aromatic heterocycles. The molecule has 0 bridgehead atoms. The Morgan fingerprint density at radius 2 is 1.13 bits per heavy atom. The van der Waals surface area contributed by atoms with Gasteiger partial charge in [-0.3, -0.25) is 0 Å². The molecule has 0 radical (unpaired) electrons. The quantitative estimate of drug-likeness (QED) is 0.170. The molecule has 2 heterocycles. The first-order chi connectivity index (χ1) is 18.8. The van der Waals surface area contributed by atoms with Crippen LogP contribution in [0.15, 0.2) is 130 Å². The van der Waals surface area contributed by atoms with Crippen LogP contribution in [0.4, 0.5) is 0 Å². The van der Waals surface area contributed by atoms with Gasteiger partial charge in [-0.2, -0.15) is 42.0 Å². The Labute approximate surface area is 249 Å². The molecule has 0 saturated carbocycles. The standard InChI is InChI=1S/C36H20O2.U/c1-2-8-23(9-3-1)24-10-6-11-25(20-24)26-16-18-34-31(21-26)32-22-27(17-19-35(32)37-34)28-13-7-14-30-29-12-4-5-15-33(29)38-36(28)30;/h1-8,10-19,21-22H;/q-2;+2. The Morgan fingerprint density at radius 3 is 1.97 bits per heavy atom. The minimum absolute atomic E-state index is 0. The fraction of sp³-hybridized carbons (Fsp3) is 0. The summed E-state index contributed by atoms with van der Waals surface area (Å²) in [6, 6.07) is 48.4. The molecule has 0 N–H and O–H groups in total. The zero-order valence-electron chi connectivity index (χ0n) is 20.9. The van der Waals surface area contributed by atoms with E-state index >= 15 is 0 Å². The van der Waals surface area contributed by atoms with Crippen LogP contribution in [0.5, 0.6) is 0 Å². The van der Waals surface area contributed by atoms with Gasteiger partial charge in [0.1, 0.15) is 22.3 Å². The molecule has 39 heavy (non-hydrogen) atoms. The molecular formula is C36H20O2U. The Hall–Kier alpha value is -4.03. The zero-order chi connectivity index (χ0) is 25.1. The van der Waals surface area contributed by atoms with Crippen molar-refractivity contribution in [3.05, 3.63) is 133 Å². The van der Waals surface area contributed by atoms with E-state index in [2.05, 4.69) is 103 Å². The molecule has 0 amide bonds. The molecule has 180 valence electrons. The van der Waals surface area contributed by atoms with Gasteiger partial charge in [0.05, 0.1) is 0 Å². The van der Waals surface area contributed by atoms with Crippen LogP contribution < -0.4 is 0 Å². The average molecular weight is 723 g/mol. The normalized spacial score (nSPS) is 11.4. The molecule has 0 aliphatic carbocycles. The van der Waals surface area contributed by atoms with Gasteiger partial charge in [0, 0.05) is 27.1 Å². The van der Waals surface area contributed by atoms with E-state index in [-0.39, 0.29) is 31.1 Å². The van der Waals surface area contributed by atoms with Gasteiger partial charge in [0.2, 0.25) is 0 Å². The number of hydrogen-bond donors (Lipinski definition) is 0. The molecule has 2 nitrogen and oxygen atoms in total. The summed E-state index contributed by atoms with van der Waals surface area (Å²) < 4.78 is 12.5. The fourth-order valence-electron chi connectivity index (χ4n) is 5.44. The first-order valence-electron chi connectivity index (χ1n) is 12.7. The largest absolute Gasteiger partial charge is 2.00 e. The molecule has 0 unspecified atom stereocenters. The topological polar surface area (TPSA) is 26.3 Å². The van der Waals surface area contributed by atoms with Crippen molar-refractivity contribution in [3.8, 4) is 33.4 Å². The molecule has 0 atom stereocenters. The predicted octanol–water partition coefficient (Wildman–Crippen LogP) is 10.1. The fourth-order valence-corrected chi connectivity index (χ4v) is 5.44. The van der Waals surface area contributed by atoms with E-state index in [9.17, 15) is 0 Å². The zero-order valence-corrected chi connectivity index (χ0v) is 25.0. The number of hydrogen-bond acceptors (Lipinski definition) is 2. The van der Waals surface area contributed by atoms with Crippen molar-refractivity contribution < 1.29 is 39.9 Å². The van der Waals surface area contributed by atoms with Gasteiger partial charge in [-0.1, -0.05) is 60.2 Å². The van der Waals surface area contributed by atoms with Crippen molar-refractivity contribution in [2.24, 2.45) is 0 Å². The Balaban J connectivity index is 0.00000253. The van der Waals surface area contributed by atoms with E-state index < -0.39 is 0 Å². The molecule has 0 aliphatic heterocycles. The molecule has 0 aliphatic rings. The van der Waals surface area contributed by atoms with Crippen LogP contribution in [0.2, 0.25) is 0 Å². The summed E-state index contributed by atoms with van der Waals surface area (Å²) in [4.78, 5) is 0. The summed E-state index contributed by atoms with van der Waals surface area (Å²) in [7, 11) is 0. The first-order valence-corrected chi connectivity index (χ1v) is 12.7. The van der Waals surface area contributed by atoms with Gasteiger partial charge in [-0.05, 0) is 29.8 Å². The molecule has 0 fully saturated rings. The summed E-state index contributed by atoms with van der Waals surface area (Å²) in [5.41, 5.74) is 9.93. The minimum Gasteiger partial charge on any atom is -0.456 e. The van der Waals surface area contributed by atoms with Gasteiger partial charge in [0.25, 0.3) is 0 Å². The molecule has 6 aromatic carbocycles. The van der Waals surface area contributed by atoms with Gasteiger partial charge >= 0.3 is 31.1 Å². The summed E-state index contributed by atoms with van der Waals surface area (Å²) in [5.74, 6) is 0. The van der Waals surface area contributed by atoms with Crippen LogP contribution in [0.25, 0.3) is 77.3 Å². The summed E-state index contributed by atoms with van der Waals surface area (Å²) in [6.45, 7) is 0. The second-order valence-corrected chi connectivity index (χ2v) is 9.56. The molecular weight excluding hydrogens is 702 g/mol. The number of fused-ring (bicyclic) bond motifs is 6. The van der Waals surface area contributed by atoms with E-state index in [4.69, 9.17) is 8.83 Å². The van der Waals surface area contributed by atoms with Crippen LogP contribution in [0.3, 0.4) is 0 Å². The smallest absolute Gasteiger partial charge is 0.456 e. The predicted molar refractivity (Wildman–Crippen MR) is 155 cm³/mol. The van der Waals surface area contributed by atoms with Crippen molar-refractivity contribution in [2.75, 3.05) is 0 Å². The van der Waals surface area contributed by atoms with Crippen LogP contribution >= 0.6 is 0 Å². The van der Waals surface area contributed by atoms with Crippen LogP contribution in [0.1, 0.15) is 0 Å².